The number of aliphatic hydroxyl groups is 4. The average Bonchev–Trinajstić information content (AvgIpc) is 3.10. The summed E-state index contributed by atoms with van der Waals surface area (Å²) in [5.74, 6) is 1.49. The van der Waals surface area contributed by atoms with E-state index in [2.05, 4.69) is 87.4 Å². The zero-order valence-electron chi connectivity index (χ0n) is 28.2. The lowest BCUT2D eigenvalue weighted by Gasteiger charge is -2.26. The molecule has 0 aliphatic carbocycles. The van der Waals surface area contributed by atoms with Crippen molar-refractivity contribution in [2.45, 2.75) is 65.8 Å². The molecule has 7 nitrogen and oxygen atoms in total. The van der Waals surface area contributed by atoms with Crippen molar-refractivity contribution in [3.05, 3.63) is 115 Å². The average molecular weight is 786 g/mol. The van der Waals surface area contributed by atoms with E-state index < -0.39 is 11.0 Å². The molecule has 0 aliphatic rings. The lowest BCUT2D eigenvalue weighted by Crippen LogP contribution is -2.48. The van der Waals surface area contributed by atoms with E-state index in [1.165, 1.54) is 0 Å². The van der Waals surface area contributed by atoms with Crippen molar-refractivity contribution in [3.8, 4) is 22.6 Å². The van der Waals surface area contributed by atoms with Crippen LogP contribution in [0.15, 0.2) is 81.7 Å². The molecule has 0 aliphatic heterocycles. The summed E-state index contributed by atoms with van der Waals surface area (Å²) in [6.45, 7) is 8.85. The van der Waals surface area contributed by atoms with Crippen molar-refractivity contribution in [1.82, 2.24) is 5.32 Å². The molecule has 0 fully saturated rings. The van der Waals surface area contributed by atoms with Crippen molar-refractivity contribution in [2.24, 2.45) is 5.41 Å². The molecule has 0 aromatic heterocycles. The highest BCUT2D eigenvalue weighted by molar-refractivity contribution is 9.10. The molecule has 0 bridgehead atoms. The Balaban J connectivity index is 1.42. The number of hydrogen-bond donors (Lipinski definition) is 5. The molecule has 0 atom stereocenters. The van der Waals surface area contributed by atoms with E-state index in [0.717, 1.165) is 71.4 Å². The highest BCUT2D eigenvalue weighted by Crippen LogP contribution is 2.34. The first-order chi connectivity index (χ1) is 22.9. The van der Waals surface area contributed by atoms with Gasteiger partial charge in [-0.05, 0) is 134 Å². The molecular weight excluding hydrogens is 738 g/mol. The Kier molecular flexibility index (Phi) is 13.7. The van der Waals surface area contributed by atoms with Gasteiger partial charge in [-0.1, -0.05) is 55.5 Å². The number of rotatable bonds is 17. The second-order valence-corrected chi connectivity index (χ2v) is 14.9. The summed E-state index contributed by atoms with van der Waals surface area (Å²) >= 11 is 7.30. The lowest BCUT2D eigenvalue weighted by atomic mass is 9.86. The van der Waals surface area contributed by atoms with Crippen LogP contribution in [0.25, 0.3) is 11.1 Å². The van der Waals surface area contributed by atoms with Gasteiger partial charge < -0.3 is 35.2 Å². The molecule has 4 aromatic rings. The predicted octanol–water partition coefficient (Wildman–Crippen LogP) is 7.41. The van der Waals surface area contributed by atoms with Gasteiger partial charge in [0.05, 0.1) is 40.9 Å². The number of nitrogens with one attached hydrogen (secondary N) is 1. The number of halogens is 2. The van der Waals surface area contributed by atoms with E-state index in [4.69, 9.17) is 9.47 Å². The third kappa shape index (κ3) is 9.69. The largest absolute Gasteiger partial charge is 0.488 e. The van der Waals surface area contributed by atoms with Crippen LogP contribution in [-0.2, 0) is 26.2 Å². The van der Waals surface area contributed by atoms with Gasteiger partial charge in [0.2, 0.25) is 0 Å². The predicted molar refractivity (Wildman–Crippen MR) is 198 cm³/mol. The molecule has 0 saturated carbocycles. The Bertz CT molecular complexity index is 1550. The lowest BCUT2D eigenvalue weighted by molar-refractivity contribution is 0.0631. The maximum absolute atomic E-state index is 9.60. The molecule has 0 saturated heterocycles. The summed E-state index contributed by atoms with van der Waals surface area (Å²) in [5, 5.41) is 41.5. The Morgan fingerprint density at radius 2 is 1.12 bits per heavy atom. The molecule has 0 radical (unpaired) electrons. The van der Waals surface area contributed by atoms with Gasteiger partial charge >= 0.3 is 0 Å². The zero-order chi connectivity index (χ0) is 34.9. The molecule has 0 heterocycles. The second kappa shape index (κ2) is 17.3. The summed E-state index contributed by atoms with van der Waals surface area (Å²) in [4.78, 5) is 0. The van der Waals surface area contributed by atoms with E-state index in [-0.39, 0.29) is 26.4 Å². The van der Waals surface area contributed by atoms with Gasteiger partial charge in [0.15, 0.2) is 0 Å². The molecule has 258 valence electrons. The van der Waals surface area contributed by atoms with E-state index in [1.807, 2.05) is 43.3 Å². The highest BCUT2D eigenvalue weighted by atomic mass is 79.9. The third-order valence-electron chi connectivity index (χ3n) is 9.14. The van der Waals surface area contributed by atoms with Gasteiger partial charge in [-0.2, -0.15) is 0 Å². The summed E-state index contributed by atoms with van der Waals surface area (Å²) in [7, 11) is 0. The molecule has 4 rings (SSSR count). The molecule has 48 heavy (non-hydrogen) atoms. The number of aliphatic hydroxyl groups excluding tert-OH is 4. The minimum absolute atomic E-state index is 0.0479. The van der Waals surface area contributed by atoms with Crippen molar-refractivity contribution in [3.63, 3.8) is 0 Å². The Hall–Kier alpha value is -2.76. The fourth-order valence-corrected chi connectivity index (χ4v) is 6.38. The summed E-state index contributed by atoms with van der Waals surface area (Å²) in [6.07, 6.45) is 1.44. The molecule has 0 spiro atoms. The van der Waals surface area contributed by atoms with Crippen LogP contribution in [-0.4, -0.2) is 52.4 Å². The molecule has 9 heteroatoms. The molecule has 5 N–H and O–H groups in total. The van der Waals surface area contributed by atoms with Crippen LogP contribution in [0.2, 0.25) is 0 Å². The van der Waals surface area contributed by atoms with Gasteiger partial charge in [-0.25, -0.2) is 0 Å². The van der Waals surface area contributed by atoms with Crippen molar-refractivity contribution in [1.29, 1.82) is 0 Å². The minimum Gasteiger partial charge on any atom is -0.488 e. The molecule has 4 aromatic carbocycles. The summed E-state index contributed by atoms with van der Waals surface area (Å²) in [5.41, 5.74) is 7.68. The summed E-state index contributed by atoms with van der Waals surface area (Å²) in [6, 6.07) is 24.5. The van der Waals surface area contributed by atoms with E-state index in [9.17, 15) is 20.4 Å². The summed E-state index contributed by atoms with van der Waals surface area (Å²) < 4.78 is 14.2. The number of benzene rings is 4. The Morgan fingerprint density at radius 1 is 0.646 bits per heavy atom. The van der Waals surface area contributed by atoms with Crippen LogP contribution in [0, 0.1) is 19.3 Å². The van der Waals surface area contributed by atoms with Crippen molar-refractivity contribution >= 4 is 31.9 Å². The van der Waals surface area contributed by atoms with E-state index in [1.54, 1.807) is 6.92 Å². The monoisotopic (exact) mass is 783 g/mol. The van der Waals surface area contributed by atoms with Crippen LogP contribution in [0.5, 0.6) is 11.5 Å². The van der Waals surface area contributed by atoms with Crippen molar-refractivity contribution in [2.75, 3.05) is 26.4 Å². The van der Waals surface area contributed by atoms with Gasteiger partial charge in [-0.15, -0.1) is 0 Å². The fourth-order valence-electron chi connectivity index (χ4n) is 5.29. The number of ether oxygens (including phenoxy) is 2. The first kappa shape index (κ1) is 38.0. The molecule has 0 amide bonds. The van der Waals surface area contributed by atoms with Crippen LogP contribution in [0.1, 0.15) is 53.6 Å². The topological polar surface area (TPSA) is 111 Å². The van der Waals surface area contributed by atoms with Crippen LogP contribution < -0.4 is 14.8 Å². The van der Waals surface area contributed by atoms with Gasteiger partial charge in [0, 0.05) is 12.0 Å². The fraction of sp³-hybridized carbons (Fsp3) is 0.385. The normalized spacial score (nSPS) is 12.0. The quantitative estimate of drug-likeness (QED) is 0.0759. The Morgan fingerprint density at radius 3 is 1.58 bits per heavy atom. The first-order valence-corrected chi connectivity index (χ1v) is 17.7. The van der Waals surface area contributed by atoms with E-state index in [0.29, 0.717) is 26.2 Å². The molecular formula is C39H47Br2NO6. The molecule has 0 unspecified atom stereocenters. The van der Waals surface area contributed by atoms with Crippen LogP contribution in [0.3, 0.4) is 0 Å². The minimum atomic E-state index is -0.744. The third-order valence-corrected chi connectivity index (χ3v) is 10.4. The zero-order valence-corrected chi connectivity index (χ0v) is 31.3. The number of hydrogen-bond acceptors (Lipinski definition) is 7. The standard InChI is InChI=1S/C39H47Br2NO6/c1-26-30(20-47-36-13-11-28(17-34(36)40)15-16-38(3,22-43)23-44)7-5-9-32(26)33-10-6-8-31(27(33)2)21-48-37-14-12-29(18-35(37)41)19-42-39(4,24-45)25-46/h5-14,17-18,42-46H,15-16,19-25H2,1-4H3. The first-order valence-electron chi connectivity index (χ1n) is 16.1. The van der Waals surface area contributed by atoms with Gasteiger partial charge in [-0.3, -0.25) is 0 Å². The van der Waals surface area contributed by atoms with Crippen LogP contribution in [0.4, 0.5) is 0 Å². The Labute approximate surface area is 301 Å². The smallest absolute Gasteiger partial charge is 0.134 e. The SMILES string of the molecule is Cc1c(COc2ccc(CCC(C)(CO)CO)cc2Br)cccc1-c1cccc(COc2ccc(CNC(C)(CO)CO)cc2Br)c1C. The van der Waals surface area contributed by atoms with E-state index >= 15 is 0 Å². The van der Waals surface area contributed by atoms with Gasteiger partial charge in [0.1, 0.15) is 24.7 Å². The van der Waals surface area contributed by atoms with Crippen molar-refractivity contribution < 1.29 is 29.9 Å². The highest BCUT2D eigenvalue weighted by Gasteiger charge is 2.23. The van der Waals surface area contributed by atoms with Crippen LogP contribution >= 0.6 is 31.9 Å². The maximum atomic E-state index is 9.60. The van der Waals surface area contributed by atoms with Gasteiger partial charge in [0.25, 0.3) is 0 Å². The maximum Gasteiger partial charge on any atom is 0.134 e. The second-order valence-electron chi connectivity index (χ2n) is 13.1. The number of aryl methyl sites for hydroxylation is 1.